The third-order valence-corrected chi connectivity index (χ3v) is 8.70. The van der Waals surface area contributed by atoms with Crippen molar-refractivity contribution in [1.29, 1.82) is 5.41 Å². The van der Waals surface area contributed by atoms with Crippen LogP contribution in [0.3, 0.4) is 0 Å². The molecule has 0 saturated heterocycles. The molecule has 0 unspecified atom stereocenters. The lowest BCUT2D eigenvalue weighted by Gasteiger charge is -2.19. The minimum Gasteiger partial charge on any atom is -0.444 e. The van der Waals surface area contributed by atoms with Crippen LogP contribution in [0.25, 0.3) is 11.1 Å². The summed E-state index contributed by atoms with van der Waals surface area (Å²) in [5.41, 5.74) is 1.46. The Hall–Kier alpha value is -2.76. The minimum atomic E-state index is -3.89. The number of hydrogen-bond donors (Lipinski definition) is 2. The first-order valence-electron chi connectivity index (χ1n) is 9.81. The largest absolute Gasteiger partial charge is 0.444 e. The number of thioether (sulfide) groups is 1. The number of sulfone groups is 1. The van der Waals surface area contributed by atoms with Crippen molar-refractivity contribution >= 4 is 44.9 Å². The zero-order chi connectivity index (χ0) is 24.4. The number of aryl methyl sites for hydroxylation is 1. The summed E-state index contributed by atoms with van der Waals surface area (Å²) in [6.07, 6.45) is 4.08. The summed E-state index contributed by atoms with van der Waals surface area (Å²) < 4.78 is 32.7. The highest BCUT2D eigenvalue weighted by Gasteiger charge is 2.27. The molecule has 2 heterocycles. The molecule has 8 nitrogen and oxygen atoms in total. The zero-order valence-electron chi connectivity index (χ0n) is 18.8. The minimum absolute atomic E-state index is 0.0870. The second kappa shape index (κ2) is 9.62. The van der Waals surface area contributed by atoms with Crippen molar-refractivity contribution in [1.82, 2.24) is 15.3 Å². The van der Waals surface area contributed by atoms with E-state index in [0.29, 0.717) is 14.6 Å². The van der Waals surface area contributed by atoms with Gasteiger partial charge in [0.2, 0.25) is 9.84 Å². The molecule has 0 aliphatic carbocycles. The predicted molar refractivity (Wildman–Crippen MR) is 130 cm³/mol. The maximum atomic E-state index is 13.5. The number of ether oxygens (including phenoxy) is 1. The standard InChI is InChI=1S/C22H24N4O4S3/c1-13-16(11-24-12-25-13)14-7-6-8-15(9-14)33(28,29)18-10-17(32-20(18)31-5)19(23)26-21(27)30-22(2,3)4/h6-12H,1-5H3,(H2,23,26,27). The number of amidine groups is 1. The van der Waals surface area contributed by atoms with Gasteiger partial charge in [-0.1, -0.05) is 12.1 Å². The lowest BCUT2D eigenvalue weighted by molar-refractivity contribution is 0.0563. The van der Waals surface area contributed by atoms with Crippen LogP contribution < -0.4 is 5.32 Å². The Kier molecular flexibility index (Phi) is 7.25. The van der Waals surface area contributed by atoms with Gasteiger partial charge in [0.1, 0.15) is 17.8 Å². The van der Waals surface area contributed by atoms with E-state index in [9.17, 15) is 13.2 Å². The van der Waals surface area contributed by atoms with Crippen molar-refractivity contribution < 1.29 is 17.9 Å². The van der Waals surface area contributed by atoms with E-state index < -0.39 is 21.5 Å². The van der Waals surface area contributed by atoms with E-state index >= 15 is 0 Å². The third kappa shape index (κ3) is 5.79. The Bertz CT molecular complexity index is 1310. The van der Waals surface area contributed by atoms with Gasteiger partial charge in [0.25, 0.3) is 0 Å². The second-order valence-corrected chi connectivity index (χ2v) is 12.1. The fraction of sp³-hybridized carbons (Fsp3) is 0.273. The molecule has 174 valence electrons. The van der Waals surface area contributed by atoms with E-state index in [2.05, 4.69) is 15.3 Å². The Balaban J connectivity index is 1.95. The lowest BCUT2D eigenvalue weighted by Crippen LogP contribution is -2.36. The first-order chi connectivity index (χ1) is 15.4. The van der Waals surface area contributed by atoms with Crippen LogP contribution >= 0.6 is 23.1 Å². The quantitative estimate of drug-likeness (QED) is 0.287. The molecule has 0 bridgehead atoms. The van der Waals surface area contributed by atoms with Crippen LogP contribution in [0.15, 0.2) is 56.9 Å². The molecule has 0 spiro atoms. The van der Waals surface area contributed by atoms with Gasteiger partial charge in [-0.15, -0.1) is 23.1 Å². The number of thiophene rings is 1. The maximum Gasteiger partial charge on any atom is 0.413 e. The van der Waals surface area contributed by atoms with Crippen molar-refractivity contribution in [2.45, 2.75) is 47.3 Å². The highest BCUT2D eigenvalue weighted by atomic mass is 32.2. The van der Waals surface area contributed by atoms with Crippen LogP contribution in [0.1, 0.15) is 31.3 Å². The van der Waals surface area contributed by atoms with Gasteiger partial charge in [0, 0.05) is 17.5 Å². The Labute approximate surface area is 201 Å². The number of alkyl carbamates (subject to hydrolysis) is 1. The number of hydrogen-bond acceptors (Lipinski definition) is 9. The first-order valence-corrected chi connectivity index (χ1v) is 13.3. The van der Waals surface area contributed by atoms with Crippen LogP contribution in [0.5, 0.6) is 0 Å². The molecule has 2 aromatic heterocycles. The average molecular weight is 505 g/mol. The van der Waals surface area contributed by atoms with Gasteiger partial charge >= 0.3 is 6.09 Å². The molecule has 0 fully saturated rings. The number of carbonyl (C=O) groups excluding carboxylic acids is 1. The molecule has 2 N–H and O–H groups in total. The summed E-state index contributed by atoms with van der Waals surface area (Å²) in [5.74, 6) is -0.225. The Morgan fingerprint density at radius 3 is 2.61 bits per heavy atom. The van der Waals surface area contributed by atoms with Crippen molar-refractivity contribution in [3.8, 4) is 11.1 Å². The number of benzene rings is 1. The molecule has 3 rings (SSSR count). The highest BCUT2D eigenvalue weighted by Crippen LogP contribution is 2.37. The summed E-state index contributed by atoms with van der Waals surface area (Å²) in [7, 11) is -3.89. The number of carbonyl (C=O) groups is 1. The highest BCUT2D eigenvalue weighted by molar-refractivity contribution is 8.01. The normalized spacial score (nSPS) is 11.8. The van der Waals surface area contributed by atoms with Crippen LogP contribution in [0.4, 0.5) is 4.79 Å². The van der Waals surface area contributed by atoms with E-state index in [1.54, 1.807) is 51.4 Å². The van der Waals surface area contributed by atoms with Gasteiger partial charge in [0.05, 0.1) is 18.9 Å². The monoisotopic (exact) mass is 504 g/mol. The molecule has 0 radical (unpaired) electrons. The van der Waals surface area contributed by atoms with Crippen LogP contribution in [0, 0.1) is 12.3 Å². The molecule has 1 aromatic carbocycles. The molecule has 0 aliphatic heterocycles. The molecule has 0 aliphatic rings. The molecular formula is C22H24N4O4S3. The first kappa shape index (κ1) is 24.9. The van der Waals surface area contributed by atoms with E-state index in [-0.39, 0.29) is 15.6 Å². The van der Waals surface area contributed by atoms with Crippen LogP contribution in [-0.2, 0) is 14.6 Å². The third-order valence-electron chi connectivity index (χ3n) is 4.38. The van der Waals surface area contributed by atoms with Crippen molar-refractivity contribution in [2.24, 2.45) is 0 Å². The SMILES string of the molecule is CSc1sc(C(=N)NC(=O)OC(C)(C)C)cc1S(=O)(=O)c1cccc(-c2cncnc2C)c1. The molecule has 11 heteroatoms. The molecular weight excluding hydrogens is 480 g/mol. The smallest absolute Gasteiger partial charge is 0.413 e. The fourth-order valence-corrected chi connectivity index (χ4v) is 6.86. The summed E-state index contributed by atoms with van der Waals surface area (Å²) in [6, 6.07) is 8.01. The molecule has 3 aromatic rings. The van der Waals surface area contributed by atoms with E-state index in [1.165, 1.54) is 30.2 Å². The van der Waals surface area contributed by atoms with Gasteiger partial charge < -0.3 is 4.74 Å². The van der Waals surface area contributed by atoms with E-state index in [4.69, 9.17) is 10.1 Å². The van der Waals surface area contributed by atoms with Crippen LogP contribution in [0.2, 0.25) is 0 Å². The predicted octanol–water partition coefficient (Wildman–Crippen LogP) is 4.92. The molecule has 33 heavy (non-hydrogen) atoms. The number of rotatable bonds is 5. The number of nitrogens with zero attached hydrogens (tertiary/aromatic N) is 2. The zero-order valence-corrected chi connectivity index (χ0v) is 21.2. The van der Waals surface area contributed by atoms with Gasteiger partial charge in [-0.05, 0) is 57.7 Å². The fourth-order valence-electron chi connectivity index (χ4n) is 2.91. The number of amides is 1. The molecule has 0 atom stereocenters. The molecule has 0 saturated carbocycles. The van der Waals surface area contributed by atoms with E-state index in [0.717, 1.165) is 22.6 Å². The van der Waals surface area contributed by atoms with Crippen molar-refractivity contribution in [2.75, 3.05) is 6.26 Å². The summed E-state index contributed by atoms with van der Waals surface area (Å²) in [4.78, 5) is 20.7. The van der Waals surface area contributed by atoms with Gasteiger partial charge in [0.15, 0.2) is 0 Å². The number of nitrogens with one attached hydrogen (secondary N) is 2. The number of aromatic nitrogens is 2. The Morgan fingerprint density at radius 1 is 1.24 bits per heavy atom. The van der Waals surface area contributed by atoms with E-state index in [1.807, 2.05) is 6.92 Å². The van der Waals surface area contributed by atoms with Gasteiger partial charge in [-0.2, -0.15) is 0 Å². The summed E-state index contributed by atoms with van der Waals surface area (Å²) >= 11 is 2.39. The van der Waals surface area contributed by atoms with Gasteiger partial charge in [-0.3, -0.25) is 10.7 Å². The summed E-state index contributed by atoms with van der Waals surface area (Å²) in [6.45, 7) is 6.98. The van der Waals surface area contributed by atoms with Crippen molar-refractivity contribution in [3.63, 3.8) is 0 Å². The maximum absolute atomic E-state index is 13.5. The average Bonchev–Trinajstić information content (AvgIpc) is 3.18. The molecule has 1 amide bonds. The second-order valence-electron chi connectivity index (χ2n) is 8.02. The van der Waals surface area contributed by atoms with Crippen molar-refractivity contribution in [3.05, 3.63) is 53.4 Å². The van der Waals surface area contributed by atoms with Gasteiger partial charge in [-0.25, -0.2) is 23.2 Å². The topological polar surface area (TPSA) is 122 Å². The summed E-state index contributed by atoms with van der Waals surface area (Å²) in [5, 5.41) is 10.6. The lowest BCUT2D eigenvalue weighted by atomic mass is 10.1. The Morgan fingerprint density at radius 2 is 1.97 bits per heavy atom. The van der Waals surface area contributed by atoms with Crippen LogP contribution in [-0.4, -0.2) is 42.2 Å².